The van der Waals surface area contributed by atoms with Crippen LogP contribution in [-0.2, 0) is 4.74 Å². The number of methoxy groups -OCH3 is 1. The van der Waals surface area contributed by atoms with Crippen LogP contribution in [0.5, 0.6) is 5.75 Å². The molecular formula is C13H19BrClNO2. The van der Waals surface area contributed by atoms with E-state index >= 15 is 0 Å². The summed E-state index contributed by atoms with van der Waals surface area (Å²) in [5, 5.41) is 3.36. The molecule has 1 N–H and O–H groups in total. The van der Waals surface area contributed by atoms with E-state index in [1.807, 2.05) is 24.3 Å². The van der Waals surface area contributed by atoms with Gasteiger partial charge >= 0.3 is 0 Å². The van der Waals surface area contributed by atoms with Gasteiger partial charge in [-0.1, -0.05) is 22.0 Å². The predicted octanol–water partition coefficient (Wildman–Crippen LogP) is 3.06. The number of halogens is 2. The van der Waals surface area contributed by atoms with E-state index in [1.54, 1.807) is 7.11 Å². The second-order valence-electron chi connectivity index (χ2n) is 3.90. The summed E-state index contributed by atoms with van der Waals surface area (Å²) < 4.78 is 11.6. The van der Waals surface area contributed by atoms with Crippen molar-refractivity contribution in [2.45, 2.75) is 11.8 Å². The lowest BCUT2D eigenvalue weighted by Gasteiger charge is -2.10. The quantitative estimate of drug-likeness (QED) is 0.555. The maximum atomic E-state index is 6.01. The van der Waals surface area contributed by atoms with Crippen molar-refractivity contribution in [1.29, 1.82) is 0 Å². The normalized spacial score (nSPS) is 12.4. The molecule has 0 bridgehead atoms. The molecule has 0 saturated carbocycles. The Balaban J connectivity index is 2.02. The minimum Gasteiger partial charge on any atom is -0.492 e. The lowest BCUT2D eigenvalue weighted by Crippen LogP contribution is -2.24. The van der Waals surface area contributed by atoms with Crippen LogP contribution in [0.2, 0.25) is 0 Å². The van der Waals surface area contributed by atoms with Gasteiger partial charge in [0.25, 0.3) is 0 Å². The molecule has 0 amide bonds. The molecule has 3 nitrogen and oxygen atoms in total. The third-order valence-corrected chi connectivity index (χ3v) is 3.16. The molecule has 1 aromatic carbocycles. The first-order valence-electron chi connectivity index (χ1n) is 5.94. The number of nitrogens with one attached hydrogen (secondary N) is 1. The smallest absolute Gasteiger partial charge is 0.120 e. The van der Waals surface area contributed by atoms with Crippen LogP contribution >= 0.6 is 27.5 Å². The zero-order valence-corrected chi connectivity index (χ0v) is 12.8. The molecular weight excluding hydrogens is 318 g/mol. The highest BCUT2D eigenvalue weighted by molar-refractivity contribution is 9.10. The summed E-state index contributed by atoms with van der Waals surface area (Å²) in [5.74, 6) is 0.876. The van der Waals surface area contributed by atoms with E-state index < -0.39 is 0 Å². The first kappa shape index (κ1) is 15.8. The standard InChI is InChI=1S/C13H19BrClNO2/c1-17-10-12(15)5-6-16-7-8-18-13-4-2-3-11(14)9-13/h2-4,9,12,16H,5-8,10H2,1H3. The first-order chi connectivity index (χ1) is 8.72. The zero-order valence-electron chi connectivity index (χ0n) is 10.5. The molecule has 0 spiro atoms. The van der Waals surface area contributed by atoms with Gasteiger partial charge in [0.2, 0.25) is 0 Å². The van der Waals surface area contributed by atoms with E-state index in [-0.39, 0.29) is 5.38 Å². The van der Waals surface area contributed by atoms with E-state index in [0.29, 0.717) is 13.2 Å². The van der Waals surface area contributed by atoms with Crippen LogP contribution in [0.1, 0.15) is 6.42 Å². The van der Waals surface area contributed by atoms with Crippen molar-refractivity contribution in [1.82, 2.24) is 5.32 Å². The Bertz CT molecular complexity index is 339. The summed E-state index contributed by atoms with van der Waals surface area (Å²) in [7, 11) is 1.66. The topological polar surface area (TPSA) is 30.5 Å². The Labute approximate surface area is 122 Å². The lowest BCUT2D eigenvalue weighted by molar-refractivity contribution is 0.195. The molecule has 0 saturated heterocycles. The molecule has 0 radical (unpaired) electrons. The largest absolute Gasteiger partial charge is 0.492 e. The average molecular weight is 337 g/mol. The molecule has 0 aliphatic heterocycles. The first-order valence-corrected chi connectivity index (χ1v) is 7.17. The van der Waals surface area contributed by atoms with Gasteiger partial charge in [0.05, 0.1) is 12.0 Å². The summed E-state index contributed by atoms with van der Waals surface area (Å²) in [6, 6.07) is 7.82. The third kappa shape index (κ3) is 7.21. The fourth-order valence-electron chi connectivity index (χ4n) is 1.45. The van der Waals surface area contributed by atoms with Gasteiger partial charge in [0, 0.05) is 18.1 Å². The van der Waals surface area contributed by atoms with Crippen LogP contribution in [0.15, 0.2) is 28.7 Å². The maximum Gasteiger partial charge on any atom is 0.120 e. The van der Waals surface area contributed by atoms with Crippen molar-refractivity contribution < 1.29 is 9.47 Å². The van der Waals surface area contributed by atoms with E-state index in [0.717, 1.165) is 29.7 Å². The van der Waals surface area contributed by atoms with Crippen molar-refractivity contribution in [2.75, 3.05) is 33.4 Å². The molecule has 1 atom stereocenters. The van der Waals surface area contributed by atoms with Crippen LogP contribution in [0.25, 0.3) is 0 Å². The molecule has 0 aliphatic rings. The number of alkyl halides is 1. The number of rotatable bonds is 9. The molecule has 1 rings (SSSR count). The van der Waals surface area contributed by atoms with E-state index in [9.17, 15) is 0 Å². The van der Waals surface area contributed by atoms with Gasteiger partial charge < -0.3 is 14.8 Å². The SMILES string of the molecule is COCC(Cl)CCNCCOc1cccc(Br)c1. The number of hydrogen-bond acceptors (Lipinski definition) is 3. The lowest BCUT2D eigenvalue weighted by atomic mass is 10.3. The summed E-state index contributed by atoms with van der Waals surface area (Å²) >= 11 is 9.41. The Morgan fingerprint density at radius 1 is 1.39 bits per heavy atom. The molecule has 102 valence electrons. The van der Waals surface area contributed by atoms with Crippen LogP contribution in [-0.4, -0.2) is 38.8 Å². The molecule has 5 heteroatoms. The Hall–Kier alpha value is -0.290. The monoisotopic (exact) mass is 335 g/mol. The van der Waals surface area contributed by atoms with Gasteiger partial charge in [-0.2, -0.15) is 0 Å². The summed E-state index contributed by atoms with van der Waals surface area (Å²) in [4.78, 5) is 0. The summed E-state index contributed by atoms with van der Waals surface area (Å²) in [6.07, 6.45) is 0.895. The fraction of sp³-hybridized carbons (Fsp3) is 0.538. The molecule has 0 aliphatic carbocycles. The van der Waals surface area contributed by atoms with E-state index in [1.165, 1.54) is 0 Å². The van der Waals surface area contributed by atoms with Crippen LogP contribution in [0.3, 0.4) is 0 Å². The van der Waals surface area contributed by atoms with Crippen LogP contribution < -0.4 is 10.1 Å². The van der Waals surface area contributed by atoms with Gasteiger partial charge in [-0.3, -0.25) is 0 Å². The Morgan fingerprint density at radius 3 is 2.94 bits per heavy atom. The molecule has 0 fully saturated rings. The van der Waals surface area contributed by atoms with Gasteiger partial charge in [-0.15, -0.1) is 11.6 Å². The zero-order chi connectivity index (χ0) is 13.2. The minimum atomic E-state index is 0.0773. The van der Waals surface area contributed by atoms with E-state index in [4.69, 9.17) is 21.1 Å². The Morgan fingerprint density at radius 2 is 2.22 bits per heavy atom. The average Bonchev–Trinajstić information content (AvgIpc) is 2.34. The van der Waals surface area contributed by atoms with E-state index in [2.05, 4.69) is 21.2 Å². The van der Waals surface area contributed by atoms with Crippen LogP contribution in [0.4, 0.5) is 0 Å². The van der Waals surface area contributed by atoms with Crippen LogP contribution in [0, 0.1) is 0 Å². The highest BCUT2D eigenvalue weighted by atomic mass is 79.9. The molecule has 0 aromatic heterocycles. The highest BCUT2D eigenvalue weighted by Crippen LogP contribution is 2.17. The maximum absolute atomic E-state index is 6.01. The minimum absolute atomic E-state index is 0.0773. The second kappa shape index (κ2) is 9.62. The van der Waals surface area contributed by atoms with Gasteiger partial charge in [-0.25, -0.2) is 0 Å². The second-order valence-corrected chi connectivity index (χ2v) is 5.43. The summed E-state index contributed by atoms with van der Waals surface area (Å²) in [5.41, 5.74) is 0. The van der Waals surface area contributed by atoms with Crippen molar-refractivity contribution in [3.05, 3.63) is 28.7 Å². The highest BCUT2D eigenvalue weighted by Gasteiger charge is 2.02. The predicted molar refractivity (Wildman–Crippen MR) is 78.6 cm³/mol. The summed E-state index contributed by atoms with van der Waals surface area (Å²) in [6.45, 7) is 2.92. The number of hydrogen-bond donors (Lipinski definition) is 1. The van der Waals surface area contributed by atoms with Gasteiger partial charge in [0.1, 0.15) is 12.4 Å². The van der Waals surface area contributed by atoms with Crippen molar-refractivity contribution in [3.63, 3.8) is 0 Å². The van der Waals surface area contributed by atoms with Crippen molar-refractivity contribution in [3.8, 4) is 5.75 Å². The molecule has 1 unspecified atom stereocenters. The van der Waals surface area contributed by atoms with Crippen molar-refractivity contribution in [2.24, 2.45) is 0 Å². The molecule has 18 heavy (non-hydrogen) atoms. The van der Waals surface area contributed by atoms with Crippen molar-refractivity contribution >= 4 is 27.5 Å². The number of benzene rings is 1. The number of ether oxygens (including phenoxy) is 2. The molecule has 0 heterocycles. The Kier molecular flexibility index (Phi) is 8.42. The fourth-order valence-corrected chi connectivity index (χ4v) is 2.06. The van der Waals surface area contributed by atoms with Gasteiger partial charge in [-0.05, 0) is 31.2 Å². The molecule has 1 aromatic rings. The van der Waals surface area contributed by atoms with Gasteiger partial charge in [0.15, 0.2) is 0 Å². The third-order valence-electron chi connectivity index (χ3n) is 2.33.